The average molecular weight is 346 g/mol. The molecule has 0 aliphatic rings. The van der Waals surface area contributed by atoms with Crippen molar-refractivity contribution < 1.29 is 0 Å². The van der Waals surface area contributed by atoms with Crippen molar-refractivity contribution >= 4 is 44.6 Å². The van der Waals surface area contributed by atoms with Gasteiger partial charge in [0.15, 0.2) is 0 Å². The van der Waals surface area contributed by atoms with Gasteiger partial charge in [0.1, 0.15) is 0 Å². The molecule has 0 radical (unpaired) electrons. The molecular formula is C13H14BrClN2S. The summed E-state index contributed by atoms with van der Waals surface area (Å²) in [5.41, 5.74) is 7.86. The third kappa shape index (κ3) is 3.72. The Bertz CT molecular complexity index is 542. The first kappa shape index (κ1) is 13.9. The van der Waals surface area contributed by atoms with Gasteiger partial charge in [0.05, 0.1) is 4.34 Å². The molecule has 2 nitrogen and oxygen atoms in total. The monoisotopic (exact) mass is 344 g/mol. The largest absolute Gasteiger partial charge is 0.398 e. The minimum absolute atomic E-state index is 0.778. The van der Waals surface area contributed by atoms with E-state index in [-0.39, 0.29) is 0 Å². The molecule has 1 heterocycles. The van der Waals surface area contributed by atoms with E-state index in [9.17, 15) is 0 Å². The topological polar surface area (TPSA) is 29.3 Å². The van der Waals surface area contributed by atoms with E-state index in [1.807, 2.05) is 18.2 Å². The third-order valence-corrected chi connectivity index (χ3v) is 4.51. The summed E-state index contributed by atoms with van der Waals surface area (Å²) in [7, 11) is 2.09. The maximum absolute atomic E-state index is 5.92. The van der Waals surface area contributed by atoms with Crippen LogP contribution in [0.25, 0.3) is 0 Å². The van der Waals surface area contributed by atoms with Crippen molar-refractivity contribution in [2.24, 2.45) is 0 Å². The molecule has 18 heavy (non-hydrogen) atoms. The Hall–Kier alpha value is -0.550. The quantitative estimate of drug-likeness (QED) is 0.833. The number of benzene rings is 1. The molecule has 2 rings (SSSR count). The normalized spacial score (nSPS) is 11.1. The van der Waals surface area contributed by atoms with Gasteiger partial charge in [-0.05, 0) is 52.8 Å². The van der Waals surface area contributed by atoms with Crippen molar-refractivity contribution in [1.29, 1.82) is 0 Å². The van der Waals surface area contributed by atoms with Crippen LogP contribution in [0.3, 0.4) is 0 Å². The van der Waals surface area contributed by atoms with Crippen LogP contribution in [0, 0.1) is 0 Å². The smallest absolute Gasteiger partial charge is 0.0931 e. The lowest BCUT2D eigenvalue weighted by molar-refractivity contribution is 0.322. The lowest BCUT2D eigenvalue weighted by Crippen LogP contribution is -2.16. The van der Waals surface area contributed by atoms with Crippen molar-refractivity contribution in [2.45, 2.75) is 13.1 Å². The van der Waals surface area contributed by atoms with Gasteiger partial charge in [-0.25, -0.2) is 0 Å². The van der Waals surface area contributed by atoms with Crippen molar-refractivity contribution in [3.05, 3.63) is 49.6 Å². The van der Waals surface area contributed by atoms with Crippen LogP contribution in [0.5, 0.6) is 0 Å². The van der Waals surface area contributed by atoms with Gasteiger partial charge >= 0.3 is 0 Å². The molecule has 5 heteroatoms. The molecule has 0 aliphatic heterocycles. The highest BCUT2D eigenvalue weighted by atomic mass is 79.9. The van der Waals surface area contributed by atoms with Gasteiger partial charge in [-0.3, -0.25) is 4.90 Å². The van der Waals surface area contributed by atoms with E-state index < -0.39 is 0 Å². The average Bonchev–Trinajstić information content (AvgIpc) is 2.69. The second-order valence-electron chi connectivity index (χ2n) is 4.23. The number of hydrogen-bond donors (Lipinski definition) is 1. The number of nitrogen functional groups attached to an aromatic ring is 1. The molecule has 1 aromatic heterocycles. The van der Waals surface area contributed by atoms with Crippen LogP contribution in [0.15, 0.2) is 34.8 Å². The van der Waals surface area contributed by atoms with E-state index in [4.69, 9.17) is 17.3 Å². The van der Waals surface area contributed by atoms with Gasteiger partial charge in [-0.1, -0.05) is 17.7 Å². The summed E-state index contributed by atoms with van der Waals surface area (Å²) in [5, 5.41) is 0. The van der Waals surface area contributed by atoms with E-state index in [2.05, 4.69) is 40.0 Å². The fourth-order valence-corrected chi connectivity index (χ4v) is 3.18. The van der Waals surface area contributed by atoms with Crippen LogP contribution < -0.4 is 5.73 Å². The highest BCUT2D eigenvalue weighted by molar-refractivity contribution is 9.10. The standard InChI is InChI=1S/C13H14BrClN2S/c1-17(8-10-3-5-13(15)18-10)7-9-2-4-11(14)12(16)6-9/h2-6H,7-8,16H2,1H3. The maximum atomic E-state index is 5.92. The highest BCUT2D eigenvalue weighted by Crippen LogP contribution is 2.24. The van der Waals surface area contributed by atoms with Gasteiger partial charge < -0.3 is 5.73 Å². The molecule has 0 spiro atoms. The predicted octanol–water partition coefficient (Wildman–Crippen LogP) is 4.38. The summed E-state index contributed by atoms with van der Waals surface area (Å²) in [4.78, 5) is 3.51. The molecular weight excluding hydrogens is 332 g/mol. The second kappa shape index (κ2) is 6.06. The Labute approximate surface area is 124 Å². The minimum Gasteiger partial charge on any atom is -0.398 e. The van der Waals surface area contributed by atoms with Gasteiger partial charge in [0.25, 0.3) is 0 Å². The molecule has 2 aromatic rings. The molecule has 2 N–H and O–H groups in total. The Morgan fingerprint density at radius 2 is 2.06 bits per heavy atom. The lowest BCUT2D eigenvalue weighted by atomic mass is 10.2. The third-order valence-electron chi connectivity index (χ3n) is 2.57. The fraction of sp³-hybridized carbons (Fsp3) is 0.231. The fourth-order valence-electron chi connectivity index (χ4n) is 1.76. The zero-order valence-electron chi connectivity index (χ0n) is 9.99. The molecule has 96 valence electrons. The SMILES string of the molecule is CN(Cc1ccc(Br)c(N)c1)Cc1ccc(Cl)s1. The number of anilines is 1. The van der Waals surface area contributed by atoms with E-state index in [1.165, 1.54) is 10.4 Å². The van der Waals surface area contributed by atoms with Crippen molar-refractivity contribution in [2.75, 3.05) is 12.8 Å². The number of thiophene rings is 1. The van der Waals surface area contributed by atoms with Gasteiger partial charge in [-0.15, -0.1) is 11.3 Å². The van der Waals surface area contributed by atoms with Crippen molar-refractivity contribution in [3.63, 3.8) is 0 Å². The molecule has 0 aliphatic carbocycles. The first-order valence-corrected chi connectivity index (χ1v) is 7.50. The Balaban J connectivity index is 1.98. The number of nitrogens with zero attached hydrogens (tertiary/aromatic N) is 1. The first-order chi connectivity index (χ1) is 8.54. The van der Waals surface area contributed by atoms with Crippen LogP contribution in [0.1, 0.15) is 10.4 Å². The number of halogens is 2. The minimum atomic E-state index is 0.778. The second-order valence-corrected chi connectivity index (χ2v) is 6.89. The van der Waals surface area contributed by atoms with E-state index in [0.717, 1.165) is 27.6 Å². The molecule has 0 unspecified atom stereocenters. The van der Waals surface area contributed by atoms with Crippen LogP contribution in [-0.4, -0.2) is 11.9 Å². The maximum Gasteiger partial charge on any atom is 0.0931 e. The van der Waals surface area contributed by atoms with Gasteiger partial charge in [-0.2, -0.15) is 0 Å². The Morgan fingerprint density at radius 3 is 2.67 bits per heavy atom. The predicted molar refractivity (Wildman–Crippen MR) is 83.1 cm³/mol. The van der Waals surface area contributed by atoms with Crippen LogP contribution >= 0.6 is 38.9 Å². The number of hydrogen-bond acceptors (Lipinski definition) is 3. The molecule has 0 amide bonds. The van der Waals surface area contributed by atoms with Gasteiger partial charge in [0.2, 0.25) is 0 Å². The zero-order chi connectivity index (χ0) is 13.1. The summed E-state index contributed by atoms with van der Waals surface area (Å²) in [5.74, 6) is 0. The number of rotatable bonds is 4. The molecule has 1 aromatic carbocycles. The summed E-state index contributed by atoms with van der Waals surface area (Å²) in [6, 6.07) is 10.1. The number of nitrogens with two attached hydrogens (primary N) is 1. The van der Waals surface area contributed by atoms with Crippen LogP contribution in [0.4, 0.5) is 5.69 Å². The van der Waals surface area contributed by atoms with E-state index >= 15 is 0 Å². The summed E-state index contributed by atoms with van der Waals surface area (Å²) in [6.45, 7) is 1.76. The summed E-state index contributed by atoms with van der Waals surface area (Å²) in [6.07, 6.45) is 0. The van der Waals surface area contributed by atoms with E-state index in [1.54, 1.807) is 11.3 Å². The molecule has 0 bridgehead atoms. The molecule has 0 fully saturated rings. The molecule has 0 saturated heterocycles. The Morgan fingerprint density at radius 1 is 1.28 bits per heavy atom. The highest BCUT2D eigenvalue weighted by Gasteiger charge is 2.05. The van der Waals surface area contributed by atoms with E-state index in [0.29, 0.717) is 0 Å². The lowest BCUT2D eigenvalue weighted by Gasteiger charge is -2.16. The van der Waals surface area contributed by atoms with Crippen molar-refractivity contribution in [1.82, 2.24) is 4.90 Å². The molecule has 0 atom stereocenters. The Kier molecular flexibility index (Phi) is 4.67. The zero-order valence-corrected chi connectivity index (χ0v) is 13.1. The van der Waals surface area contributed by atoms with Crippen LogP contribution in [-0.2, 0) is 13.1 Å². The summed E-state index contributed by atoms with van der Waals surface area (Å²) >= 11 is 10.9. The van der Waals surface area contributed by atoms with Crippen molar-refractivity contribution in [3.8, 4) is 0 Å². The molecule has 0 saturated carbocycles. The first-order valence-electron chi connectivity index (χ1n) is 5.51. The summed E-state index contributed by atoms with van der Waals surface area (Å²) < 4.78 is 1.78. The van der Waals surface area contributed by atoms with Gasteiger partial charge in [0, 0.05) is 28.1 Å². The van der Waals surface area contributed by atoms with Crippen LogP contribution in [0.2, 0.25) is 4.34 Å².